The molecule has 2 aromatic rings. The molecule has 2 nitrogen and oxygen atoms in total. The second-order valence-corrected chi connectivity index (χ2v) is 5.36. The van der Waals surface area contributed by atoms with Crippen LogP contribution in [0.3, 0.4) is 0 Å². The first-order valence-corrected chi connectivity index (χ1v) is 6.72. The van der Waals surface area contributed by atoms with E-state index in [4.69, 9.17) is 0 Å². The Kier molecular flexibility index (Phi) is 4.09. The summed E-state index contributed by atoms with van der Waals surface area (Å²) in [4.78, 5) is 4.25. The van der Waals surface area contributed by atoms with Crippen molar-refractivity contribution in [3.63, 3.8) is 0 Å². The Morgan fingerprint density at radius 2 is 2.19 bits per heavy atom. The molecule has 0 radical (unpaired) electrons. The van der Waals surface area contributed by atoms with E-state index >= 15 is 0 Å². The molecule has 0 saturated carbocycles. The van der Waals surface area contributed by atoms with E-state index < -0.39 is 0 Å². The molecule has 16 heavy (non-hydrogen) atoms. The van der Waals surface area contributed by atoms with Gasteiger partial charge in [-0.15, -0.1) is 11.3 Å². The van der Waals surface area contributed by atoms with Crippen molar-refractivity contribution >= 4 is 27.3 Å². The average molecular weight is 298 g/mol. The normalized spacial score (nSPS) is 12.6. The Bertz CT molecular complexity index is 444. The fourth-order valence-electron chi connectivity index (χ4n) is 1.64. The lowest BCUT2D eigenvalue weighted by Crippen LogP contribution is -2.08. The maximum absolute atomic E-state index is 9.46. The van der Waals surface area contributed by atoms with Gasteiger partial charge in [0.15, 0.2) is 0 Å². The van der Waals surface area contributed by atoms with E-state index in [0.717, 1.165) is 21.5 Å². The second kappa shape index (κ2) is 5.57. The molecule has 1 aromatic carbocycles. The number of hydrogen-bond donors (Lipinski definition) is 1. The number of aliphatic hydroxyl groups is 1. The van der Waals surface area contributed by atoms with Crippen LogP contribution < -0.4 is 0 Å². The van der Waals surface area contributed by atoms with Gasteiger partial charge in [0.25, 0.3) is 0 Å². The van der Waals surface area contributed by atoms with Crippen molar-refractivity contribution in [1.82, 2.24) is 4.98 Å². The Morgan fingerprint density at radius 1 is 1.38 bits per heavy atom. The molecule has 1 heterocycles. The molecule has 0 aliphatic rings. The van der Waals surface area contributed by atoms with Gasteiger partial charge in [0.05, 0.1) is 11.6 Å². The van der Waals surface area contributed by atoms with Gasteiger partial charge >= 0.3 is 0 Å². The maximum atomic E-state index is 9.46. The Morgan fingerprint density at radius 3 is 2.81 bits per heavy atom. The van der Waals surface area contributed by atoms with Gasteiger partial charge in [-0.2, -0.15) is 0 Å². The van der Waals surface area contributed by atoms with Crippen molar-refractivity contribution in [2.24, 2.45) is 0 Å². The number of aromatic nitrogens is 1. The Labute approximate surface area is 107 Å². The van der Waals surface area contributed by atoms with E-state index in [-0.39, 0.29) is 12.5 Å². The molecule has 0 aliphatic heterocycles. The fourth-order valence-corrected chi connectivity index (χ4v) is 2.95. The highest BCUT2D eigenvalue weighted by Crippen LogP contribution is 2.27. The monoisotopic (exact) mass is 297 g/mol. The molecule has 0 saturated heterocycles. The molecule has 1 aromatic heterocycles. The number of halogens is 1. The van der Waals surface area contributed by atoms with Gasteiger partial charge < -0.3 is 5.11 Å². The summed E-state index contributed by atoms with van der Waals surface area (Å²) in [6.45, 7) is 0.141. The number of rotatable bonds is 4. The summed E-state index contributed by atoms with van der Waals surface area (Å²) in [6, 6.07) is 8.01. The standard InChI is InChI=1S/C12H12BrNOS/c13-11-4-2-1-3-10(11)9(8-15)7-12-14-5-6-16-12/h1-6,9,15H,7-8H2. The van der Waals surface area contributed by atoms with Crippen LogP contribution in [0.15, 0.2) is 40.3 Å². The van der Waals surface area contributed by atoms with Crippen molar-refractivity contribution in [2.75, 3.05) is 6.61 Å². The van der Waals surface area contributed by atoms with Crippen LogP contribution in [-0.4, -0.2) is 16.7 Å². The van der Waals surface area contributed by atoms with Gasteiger partial charge in [-0.1, -0.05) is 34.1 Å². The van der Waals surface area contributed by atoms with Crippen molar-refractivity contribution in [3.05, 3.63) is 50.9 Å². The first-order valence-electron chi connectivity index (χ1n) is 5.05. The van der Waals surface area contributed by atoms with E-state index in [1.54, 1.807) is 17.5 Å². The summed E-state index contributed by atoms with van der Waals surface area (Å²) >= 11 is 5.14. The third-order valence-corrected chi connectivity index (χ3v) is 3.99. The molecular formula is C12H12BrNOS. The molecule has 1 N–H and O–H groups in total. The summed E-state index contributed by atoms with van der Waals surface area (Å²) in [7, 11) is 0. The highest BCUT2D eigenvalue weighted by Gasteiger charge is 2.15. The first-order chi connectivity index (χ1) is 7.81. The van der Waals surface area contributed by atoms with Gasteiger partial charge in [-0.05, 0) is 11.6 Å². The van der Waals surface area contributed by atoms with Gasteiger partial charge in [0.2, 0.25) is 0 Å². The summed E-state index contributed by atoms with van der Waals surface area (Å²) in [6.07, 6.45) is 2.59. The summed E-state index contributed by atoms with van der Waals surface area (Å²) in [5.74, 6) is 0.113. The zero-order valence-corrected chi connectivity index (χ0v) is 11.0. The molecule has 0 fully saturated rings. The van der Waals surface area contributed by atoms with Crippen molar-refractivity contribution in [1.29, 1.82) is 0 Å². The van der Waals surface area contributed by atoms with Crippen LogP contribution in [0.5, 0.6) is 0 Å². The lowest BCUT2D eigenvalue weighted by molar-refractivity contribution is 0.264. The predicted octanol–water partition coefficient (Wildman–Crippen LogP) is 3.22. The highest BCUT2D eigenvalue weighted by molar-refractivity contribution is 9.10. The second-order valence-electron chi connectivity index (χ2n) is 3.53. The van der Waals surface area contributed by atoms with E-state index in [1.165, 1.54) is 0 Å². The SMILES string of the molecule is OCC(Cc1nccs1)c1ccccc1Br. The molecule has 84 valence electrons. The molecule has 1 atom stereocenters. The minimum Gasteiger partial charge on any atom is -0.396 e. The largest absolute Gasteiger partial charge is 0.396 e. The number of benzene rings is 1. The van der Waals surface area contributed by atoms with E-state index in [2.05, 4.69) is 20.9 Å². The minimum atomic E-state index is 0.113. The van der Waals surface area contributed by atoms with Crippen molar-refractivity contribution in [2.45, 2.75) is 12.3 Å². The average Bonchev–Trinajstić information content (AvgIpc) is 2.80. The topological polar surface area (TPSA) is 33.1 Å². The molecule has 0 bridgehead atoms. The Hall–Kier alpha value is -0.710. The number of aliphatic hydroxyl groups excluding tert-OH is 1. The van der Waals surface area contributed by atoms with Gasteiger partial charge in [-0.25, -0.2) is 4.98 Å². The molecule has 0 aliphatic carbocycles. The van der Waals surface area contributed by atoms with Crippen LogP contribution in [0, 0.1) is 0 Å². The van der Waals surface area contributed by atoms with Crippen LogP contribution in [-0.2, 0) is 6.42 Å². The quantitative estimate of drug-likeness (QED) is 0.940. The number of hydrogen-bond acceptors (Lipinski definition) is 3. The summed E-state index contributed by atoms with van der Waals surface area (Å²) < 4.78 is 1.05. The molecule has 1 unspecified atom stereocenters. The zero-order valence-electron chi connectivity index (χ0n) is 8.64. The lowest BCUT2D eigenvalue weighted by Gasteiger charge is -2.14. The van der Waals surface area contributed by atoms with E-state index in [0.29, 0.717) is 0 Å². The van der Waals surface area contributed by atoms with Gasteiger partial charge in [0.1, 0.15) is 0 Å². The molecule has 0 spiro atoms. The van der Waals surface area contributed by atoms with Crippen molar-refractivity contribution < 1.29 is 5.11 Å². The predicted molar refractivity (Wildman–Crippen MR) is 69.8 cm³/mol. The fraction of sp³-hybridized carbons (Fsp3) is 0.250. The number of nitrogens with zero attached hydrogens (tertiary/aromatic N) is 1. The Balaban J connectivity index is 2.20. The molecule has 4 heteroatoms. The third-order valence-electron chi connectivity index (χ3n) is 2.47. The van der Waals surface area contributed by atoms with Gasteiger partial charge in [0, 0.05) is 28.4 Å². The maximum Gasteiger partial charge on any atom is 0.0931 e. The van der Waals surface area contributed by atoms with E-state index in [1.807, 2.05) is 29.6 Å². The van der Waals surface area contributed by atoms with Crippen LogP contribution in [0.4, 0.5) is 0 Å². The zero-order chi connectivity index (χ0) is 11.4. The number of thiazole rings is 1. The van der Waals surface area contributed by atoms with Crippen molar-refractivity contribution in [3.8, 4) is 0 Å². The molecule has 2 rings (SSSR count). The molecule has 0 amide bonds. The van der Waals surface area contributed by atoms with E-state index in [9.17, 15) is 5.11 Å². The van der Waals surface area contributed by atoms with Crippen LogP contribution >= 0.6 is 27.3 Å². The summed E-state index contributed by atoms with van der Waals surface area (Å²) in [5.41, 5.74) is 1.14. The smallest absolute Gasteiger partial charge is 0.0931 e. The minimum absolute atomic E-state index is 0.113. The summed E-state index contributed by atoms with van der Waals surface area (Å²) in [5, 5.41) is 12.5. The molecular weight excluding hydrogens is 286 g/mol. The third kappa shape index (κ3) is 2.70. The van der Waals surface area contributed by atoms with Crippen LogP contribution in [0.1, 0.15) is 16.5 Å². The highest BCUT2D eigenvalue weighted by atomic mass is 79.9. The van der Waals surface area contributed by atoms with Crippen LogP contribution in [0.25, 0.3) is 0 Å². The van der Waals surface area contributed by atoms with Gasteiger partial charge in [-0.3, -0.25) is 0 Å². The lowest BCUT2D eigenvalue weighted by atomic mass is 9.97. The van der Waals surface area contributed by atoms with Crippen LogP contribution in [0.2, 0.25) is 0 Å². The first kappa shape index (κ1) is 11.8.